The minimum Gasteiger partial charge on any atom is -0.462 e. The summed E-state index contributed by atoms with van der Waals surface area (Å²) >= 11 is 0. The molecule has 0 saturated heterocycles. The predicted octanol–water partition coefficient (Wildman–Crippen LogP) is 19.1. The van der Waals surface area contributed by atoms with Gasteiger partial charge in [-0.3, -0.25) is 14.4 Å². The molecule has 0 heterocycles. The van der Waals surface area contributed by atoms with Crippen LogP contribution in [0.4, 0.5) is 0 Å². The zero-order valence-corrected chi connectivity index (χ0v) is 44.8. The molecule has 0 aromatic carbocycles. The molecule has 0 bridgehead atoms. The van der Waals surface area contributed by atoms with Gasteiger partial charge in [-0.2, -0.15) is 0 Å². The molecule has 0 aliphatic heterocycles. The van der Waals surface area contributed by atoms with Crippen LogP contribution in [0, 0.1) is 0 Å². The molecular formula is C63H104O6. The van der Waals surface area contributed by atoms with Crippen LogP contribution in [-0.4, -0.2) is 37.2 Å². The van der Waals surface area contributed by atoms with E-state index in [-0.39, 0.29) is 37.5 Å². The average Bonchev–Trinajstić information content (AvgIpc) is 3.35. The van der Waals surface area contributed by atoms with Crippen molar-refractivity contribution in [1.29, 1.82) is 0 Å². The third kappa shape index (κ3) is 54.9. The van der Waals surface area contributed by atoms with Crippen LogP contribution in [0.3, 0.4) is 0 Å². The lowest BCUT2D eigenvalue weighted by Crippen LogP contribution is -2.30. The monoisotopic (exact) mass is 957 g/mol. The zero-order valence-electron chi connectivity index (χ0n) is 44.8. The van der Waals surface area contributed by atoms with Crippen molar-refractivity contribution in [1.82, 2.24) is 0 Å². The van der Waals surface area contributed by atoms with Gasteiger partial charge in [-0.05, 0) is 122 Å². The van der Waals surface area contributed by atoms with Gasteiger partial charge >= 0.3 is 17.9 Å². The normalized spacial score (nSPS) is 12.9. The molecule has 0 rings (SSSR count). The van der Waals surface area contributed by atoms with E-state index in [0.717, 1.165) is 135 Å². The molecule has 0 saturated carbocycles. The number of hydrogen-bond donors (Lipinski definition) is 0. The minimum absolute atomic E-state index is 0.101. The number of unbranched alkanes of at least 4 members (excludes halogenated alkanes) is 21. The molecule has 0 radical (unpaired) electrons. The molecule has 0 fully saturated rings. The fraction of sp³-hybridized carbons (Fsp3) is 0.667. The van der Waals surface area contributed by atoms with Gasteiger partial charge in [-0.25, -0.2) is 0 Å². The lowest BCUT2D eigenvalue weighted by molar-refractivity contribution is -0.167. The number of rotatable bonds is 50. The first-order chi connectivity index (χ1) is 34.0. The van der Waals surface area contributed by atoms with Gasteiger partial charge in [0.15, 0.2) is 6.10 Å². The molecular weight excluding hydrogens is 853 g/mol. The van der Waals surface area contributed by atoms with Crippen molar-refractivity contribution < 1.29 is 28.6 Å². The molecule has 6 nitrogen and oxygen atoms in total. The highest BCUT2D eigenvalue weighted by atomic mass is 16.6. The SMILES string of the molecule is CC/C=C\C/C=C\C/C=C\C/C=C\C/C=C\CCCCCC(=O)O[C@H](COC(=O)CCCCCCC/C=C\C/C=C\C/C=C\CC)COC(=O)CCCCCCCCC/C=C\CCCCCCCC. The summed E-state index contributed by atoms with van der Waals surface area (Å²) < 4.78 is 16.8. The highest BCUT2D eigenvalue weighted by molar-refractivity contribution is 5.71. The van der Waals surface area contributed by atoms with Crippen LogP contribution in [0.15, 0.2) is 109 Å². The Morgan fingerprint density at radius 2 is 0.565 bits per heavy atom. The maximum Gasteiger partial charge on any atom is 0.306 e. The smallest absolute Gasteiger partial charge is 0.306 e. The van der Waals surface area contributed by atoms with Gasteiger partial charge in [0.05, 0.1) is 0 Å². The highest BCUT2D eigenvalue weighted by Crippen LogP contribution is 2.14. The molecule has 0 spiro atoms. The predicted molar refractivity (Wildman–Crippen MR) is 297 cm³/mol. The van der Waals surface area contributed by atoms with Gasteiger partial charge in [0.25, 0.3) is 0 Å². The Hall–Kier alpha value is -3.93. The molecule has 1 atom stereocenters. The van der Waals surface area contributed by atoms with Crippen LogP contribution < -0.4 is 0 Å². The van der Waals surface area contributed by atoms with E-state index in [9.17, 15) is 14.4 Å². The first-order valence-corrected chi connectivity index (χ1v) is 28.4. The molecule has 0 N–H and O–H groups in total. The maximum absolute atomic E-state index is 12.9. The zero-order chi connectivity index (χ0) is 50.0. The van der Waals surface area contributed by atoms with Crippen LogP contribution in [0.1, 0.15) is 252 Å². The first-order valence-electron chi connectivity index (χ1n) is 28.4. The van der Waals surface area contributed by atoms with E-state index < -0.39 is 6.10 Å². The van der Waals surface area contributed by atoms with Crippen molar-refractivity contribution in [3.8, 4) is 0 Å². The van der Waals surface area contributed by atoms with Gasteiger partial charge in [-0.15, -0.1) is 0 Å². The quantitative estimate of drug-likeness (QED) is 0.0262. The summed E-state index contributed by atoms with van der Waals surface area (Å²) in [7, 11) is 0. The Morgan fingerprint density at radius 1 is 0.304 bits per heavy atom. The van der Waals surface area contributed by atoms with Crippen LogP contribution in [0.2, 0.25) is 0 Å². The Bertz CT molecular complexity index is 1420. The van der Waals surface area contributed by atoms with E-state index >= 15 is 0 Å². The summed E-state index contributed by atoms with van der Waals surface area (Å²) in [6.07, 6.45) is 76.4. The summed E-state index contributed by atoms with van der Waals surface area (Å²) in [4.78, 5) is 38.2. The Labute approximate surface area is 425 Å². The Morgan fingerprint density at radius 3 is 0.913 bits per heavy atom. The van der Waals surface area contributed by atoms with E-state index in [1.54, 1.807) is 0 Å². The number of carbonyl (C=O) groups excluding carboxylic acids is 3. The number of ether oxygens (including phenoxy) is 3. The van der Waals surface area contributed by atoms with E-state index in [2.05, 4.69) is 130 Å². The molecule has 0 aromatic rings. The Kier molecular flexibility index (Phi) is 53.4. The molecule has 69 heavy (non-hydrogen) atoms. The van der Waals surface area contributed by atoms with Gasteiger partial charge in [0.2, 0.25) is 0 Å². The summed E-state index contributed by atoms with van der Waals surface area (Å²) in [6.45, 7) is 6.37. The summed E-state index contributed by atoms with van der Waals surface area (Å²) in [5, 5.41) is 0. The third-order valence-electron chi connectivity index (χ3n) is 11.7. The van der Waals surface area contributed by atoms with E-state index in [0.29, 0.717) is 12.8 Å². The fourth-order valence-corrected chi connectivity index (χ4v) is 7.54. The van der Waals surface area contributed by atoms with E-state index in [4.69, 9.17) is 14.2 Å². The van der Waals surface area contributed by atoms with E-state index in [1.807, 2.05) is 0 Å². The second-order valence-corrected chi connectivity index (χ2v) is 18.4. The summed E-state index contributed by atoms with van der Waals surface area (Å²) in [5.41, 5.74) is 0. The average molecular weight is 958 g/mol. The molecule has 0 amide bonds. The molecule has 0 aliphatic rings. The third-order valence-corrected chi connectivity index (χ3v) is 11.7. The van der Waals surface area contributed by atoms with Crippen molar-refractivity contribution in [2.75, 3.05) is 13.2 Å². The van der Waals surface area contributed by atoms with Gasteiger partial charge < -0.3 is 14.2 Å². The first kappa shape index (κ1) is 65.1. The van der Waals surface area contributed by atoms with Crippen molar-refractivity contribution >= 4 is 17.9 Å². The summed E-state index contributed by atoms with van der Waals surface area (Å²) in [6, 6.07) is 0. The van der Waals surface area contributed by atoms with Crippen molar-refractivity contribution in [3.05, 3.63) is 109 Å². The van der Waals surface area contributed by atoms with Crippen molar-refractivity contribution in [2.24, 2.45) is 0 Å². The van der Waals surface area contributed by atoms with E-state index in [1.165, 1.54) is 77.0 Å². The second-order valence-electron chi connectivity index (χ2n) is 18.4. The van der Waals surface area contributed by atoms with Crippen molar-refractivity contribution in [2.45, 2.75) is 258 Å². The lowest BCUT2D eigenvalue weighted by Gasteiger charge is -2.18. The Balaban J connectivity index is 4.49. The molecule has 0 aliphatic carbocycles. The van der Waals surface area contributed by atoms with Crippen LogP contribution >= 0.6 is 0 Å². The largest absolute Gasteiger partial charge is 0.462 e. The second kappa shape index (κ2) is 56.7. The number of esters is 3. The molecule has 392 valence electrons. The number of hydrogen-bond acceptors (Lipinski definition) is 6. The van der Waals surface area contributed by atoms with Crippen LogP contribution in [0.5, 0.6) is 0 Å². The lowest BCUT2D eigenvalue weighted by atomic mass is 10.1. The molecule has 6 heteroatoms. The molecule has 0 aromatic heterocycles. The van der Waals surface area contributed by atoms with Gasteiger partial charge in [0.1, 0.15) is 13.2 Å². The molecule has 0 unspecified atom stereocenters. The van der Waals surface area contributed by atoms with Gasteiger partial charge in [0, 0.05) is 19.3 Å². The fourth-order valence-electron chi connectivity index (χ4n) is 7.54. The van der Waals surface area contributed by atoms with Crippen LogP contribution in [0.25, 0.3) is 0 Å². The highest BCUT2D eigenvalue weighted by Gasteiger charge is 2.19. The van der Waals surface area contributed by atoms with Gasteiger partial charge in [-0.1, -0.05) is 220 Å². The summed E-state index contributed by atoms with van der Waals surface area (Å²) in [5.74, 6) is -0.955. The standard InChI is InChI=1S/C63H104O6/c1-4-7-10-13-16-19-22-25-28-30-31-33-36-39-42-45-48-51-54-57-63(66)69-60(58-67-61(64)55-52-49-46-43-40-37-34-27-24-21-18-15-12-9-6-3)59-68-62(65)56-53-50-47-44-41-38-35-32-29-26-23-20-17-14-11-8-5-2/h7,9-10,12,16,18-19,21,25-29,31,33-34,39,42,60H,4-6,8,11,13-15,17,20,22-24,30,32,35-38,40-41,43-59H2,1-3H3/b10-7-,12-9-,19-16-,21-18-,28-25-,29-26-,33-31-,34-27-,42-39-/t60-/m1/s1. The van der Waals surface area contributed by atoms with Crippen molar-refractivity contribution in [3.63, 3.8) is 0 Å². The maximum atomic E-state index is 12.9. The minimum atomic E-state index is -0.807. The number of allylic oxidation sites excluding steroid dienone is 18. The number of carbonyl (C=O) groups is 3. The topological polar surface area (TPSA) is 78.9 Å². The van der Waals surface area contributed by atoms with Crippen LogP contribution in [-0.2, 0) is 28.6 Å².